The van der Waals surface area contributed by atoms with E-state index in [1.165, 1.54) is 0 Å². The van der Waals surface area contributed by atoms with E-state index in [0.717, 1.165) is 12.1 Å². The number of hydrogen-bond acceptors (Lipinski definition) is 6. The number of carboxylic acid groups (broad SMARTS) is 2. The highest BCUT2D eigenvalue weighted by atomic mass is 19.4. The first kappa shape index (κ1) is 57.7. The molecule has 0 aliphatic heterocycles. The summed E-state index contributed by atoms with van der Waals surface area (Å²) in [7, 11) is 0. The van der Waals surface area contributed by atoms with Gasteiger partial charge in [0.25, 0.3) is 0 Å². The summed E-state index contributed by atoms with van der Waals surface area (Å²) in [6, 6.07) is 2.08. The number of nitriles is 2. The zero-order valence-electron chi connectivity index (χ0n) is 29.7. The molecule has 0 aromatic rings. The molecule has 8 nitrogen and oxygen atoms in total. The normalized spacial score (nSPS) is 18.0. The maximum absolute atomic E-state index is 14.7. The van der Waals surface area contributed by atoms with Gasteiger partial charge >= 0.3 is 83.5 Å². The van der Waals surface area contributed by atoms with Crippen molar-refractivity contribution < 1.29 is 134 Å². The molecule has 0 aromatic carbocycles. The molecule has 4 unspecified atom stereocenters. The Hall–Kier alpha value is -4.30. The quantitative estimate of drug-likeness (QED) is 0.0816. The fraction of sp³-hybridized carbons (Fsp3) is 0.857. The Bertz CT molecular complexity index is 1620. The van der Waals surface area contributed by atoms with Crippen molar-refractivity contribution in [3.8, 4) is 12.1 Å². The van der Waals surface area contributed by atoms with Crippen molar-refractivity contribution >= 4 is 11.9 Å². The van der Waals surface area contributed by atoms with Crippen molar-refractivity contribution in [2.24, 2.45) is 22.1 Å². The number of halogens is 26. The van der Waals surface area contributed by atoms with E-state index < -0.39 is 145 Å². The van der Waals surface area contributed by atoms with E-state index in [2.05, 4.69) is 10.2 Å². The van der Waals surface area contributed by atoms with Gasteiger partial charge in [0.15, 0.2) is 11.1 Å². The first-order valence-corrected chi connectivity index (χ1v) is 15.5. The largest absolute Gasteiger partial charge is 0.479 e. The molecule has 0 radical (unpaired) electrons. The van der Waals surface area contributed by atoms with Crippen LogP contribution in [0.3, 0.4) is 0 Å². The summed E-state index contributed by atoms with van der Waals surface area (Å²) in [6.45, 7) is 0.994. The van der Waals surface area contributed by atoms with Gasteiger partial charge in [-0.3, -0.25) is 0 Å². The molecule has 360 valence electrons. The van der Waals surface area contributed by atoms with E-state index in [-0.39, 0.29) is 0 Å². The van der Waals surface area contributed by atoms with Crippen molar-refractivity contribution in [3.63, 3.8) is 0 Å². The molecular formula is C28H22F26N4O4. The third-order valence-electron chi connectivity index (χ3n) is 8.66. The van der Waals surface area contributed by atoms with Crippen LogP contribution in [-0.4, -0.2) is 105 Å². The summed E-state index contributed by atoms with van der Waals surface area (Å²) >= 11 is 0. The minimum Gasteiger partial charge on any atom is -0.479 e. The lowest BCUT2D eigenvalue weighted by Crippen LogP contribution is -2.70. The van der Waals surface area contributed by atoms with Gasteiger partial charge in [-0.05, 0) is 26.7 Å². The van der Waals surface area contributed by atoms with E-state index in [0.29, 0.717) is 13.8 Å². The molecule has 0 bridgehead atoms. The van der Waals surface area contributed by atoms with Crippen molar-refractivity contribution in [2.75, 3.05) is 0 Å². The summed E-state index contributed by atoms with van der Waals surface area (Å²) in [4.78, 5) is 24.6. The average molecular weight is 972 g/mol. The Morgan fingerprint density at radius 2 is 0.629 bits per heavy atom. The second kappa shape index (κ2) is 17.0. The van der Waals surface area contributed by atoms with Crippen LogP contribution >= 0.6 is 0 Å². The van der Waals surface area contributed by atoms with Crippen LogP contribution in [-0.2, 0) is 9.59 Å². The predicted molar refractivity (Wildman–Crippen MR) is 144 cm³/mol. The van der Waals surface area contributed by atoms with Gasteiger partial charge < -0.3 is 10.2 Å². The lowest BCUT2D eigenvalue weighted by atomic mass is 9.81. The van der Waals surface area contributed by atoms with Crippen LogP contribution < -0.4 is 0 Å². The molecule has 0 amide bonds. The molecule has 0 spiro atoms. The SMILES string of the molecule is CC(C#N)CC(CCC(F)(F)C(F)(F)C(F)(F)C(F)(F)C(F)(F)C(F)(F)F)(N=NC(CCC(F)(F)C(F)(F)C(F)(F)C(F)(F)C(F)(F)C(F)(F)F)(CC(C)C#N)C(=O)O)C(=O)O. The molecule has 0 saturated heterocycles. The van der Waals surface area contributed by atoms with Gasteiger partial charge in [-0.25, -0.2) is 9.59 Å². The van der Waals surface area contributed by atoms with Crippen molar-refractivity contribution in [1.29, 1.82) is 10.5 Å². The number of hydrogen-bond donors (Lipinski definition) is 2. The van der Waals surface area contributed by atoms with Gasteiger partial charge in [0.05, 0.1) is 12.1 Å². The summed E-state index contributed by atoms with van der Waals surface area (Å²) in [5.41, 5.74) is -8.38. The lowest BCUT2D eigenvalue weighted by molar-refractivity contribution is -0.440. The van der Waals surface area contributed by atoms with Crippen LogP contribution in [0.2, 0.25) is 0 Å². The minimum atomic E-state index is -8.49. The maximum Gasteiger partial charge on any atom is 0.460 e. The Kier molecular flexibility index (Phi) is 15.8. The summed E-state index contributed by atoms with van der Waals surface area (Å²) in [5, 5.41) is 42.8. The maximum atomic E-state index is 14.7. The second-order valence-corrected chi connectivity index (χ2v) is 13.3. The van der Waals surface area contributed by atoms with Gasteiger partial charge in [-0.2, -0.15) is 135 Å². The standard InChI is InChI=1S/C28H22F26N4O4/c1-11(9-55)7-15(13(59)60,3-5-17(29,30)19(33,34)21(37,38)23(41,42)25(45,46)27(49,50)51)57-58-16(14(61)62,8-12(2)10-56)4-6-18(31,32)20(35,36)22(39,40)24(43,44)26(47,48)28(52,53)54/h11-12H,3-8H2,1-2H3,(H,59,60)(H,61,62). The Balaban J connectivity index is 7.77. The van der Waals surface area contributed by atoms with Crippen LogP contribution in [0.4, 0.5) is 114 Å². The highest BCUT2D eigenvalue weighted by Gasteiger charge is 2.92. The fourth-order valence-electron chi connectivity index (χ4n) is 4.80. The van der Waals surface area contributed by atoms with E-state index >= 15 is 0 Å². The van der Waals surface area contributed by atoms with Crippen LogP contribution in [0.5, 0.6) is 0 Å². The van der Waals surface area contributed by atoms with Gasteiger partial charge in [-0.15, -0.1) is 0 Å². The van der Waals surface area contributed by atoms with E-state index in [4.69, 9.17) is 10.5 Å². The molecule has 0 saturated carbocycles. The zero-order chi connectivity index (χ0) is 50.4. The summed E-state index contributed by atoms with van der Waals surface area (Å²) in [6.07, 6.45) is -32.1. The summed E-state index contributed by atoms with van der Waals surface area (Å²) < 4.78 is 355. The molecule has 0 fully saturated rings. The topological polar surface area (TPSA) is 147 Å². The fourth-order valence-corrected chi connectivity index (χ4v) is 4.80. The Morgan fingerprint density at radius 3 is 0.806 bits per heavy atom. The summed E-state index contributed by atoms with van der Waals surface area (Å²) in [5.74, 6) is -91.2. The number of carboxylic acids is 2. The highest BCUT2D eigenvalue weighted by molar-refractivity contribution is 5.80. The van der Waals surface area contributed by atoms with Gasteiger partial charge in [0, 0.05) is 37.5 Å². The lowest BCUT2D eigenvalue weighted by Gasteiger charge is -2.40. The number of aliphatic carboxylic acids is 2. The number of nitrogens with zero attached hydrogens (tertiary/aromatic N) is 4. The molecule has 0 rings (SSSR count). The van der Waals surface area contributed by atoms with Gasteiger partial charge in [-0.1, -0.05) is 0 Å². The number of carbonyl (C=O) groups is 2. The van der Waals surface area contributed by atoms with E-state index in [1.807, 2.05) is 0 Å². The molecular weight excluding hydrogens is 950 g/mol. The minimum absolute atomic E-state index is 0.497. The zero-order valence-corrected chi connectivity index (χ0v) is 29.7. The van der Waals surface area contributed by atoms with Crippen molar-refractivity contribution in [2.45, 2.75) is 135 Å². The van der Waals surface area contributed by atoms with Crippen LogP contribution in [0.15, 0.2) is 10.2 Å². The monoisotopic (exact) mass is 972 g/mol. The third kappa shape index (κ3) is 9.46. The number of alkyl halides is 26. The highest BCUT2D eigenvalue weighted by Crippen LogP contribution is 2.63. The molecule has 62 heavy (non-hydrogen) atoms. The second-order valence-electron chi connectivity index (χ2n) is 13.3. The van der Waals surface area contributed by atoms with Gasteiger partial charge in [0.2, 0.25) is 0 Å². The van der Waals surface area contributed by atoms with Crippen LogP contribution in [0, 0.1) is 34.5 Å². The molecule has 0 heterocycles. The smallest absolute Gasteiger partial charge is 0.460 e. The van der Waals surface area contributed by atoms with E-state index in [1.54, 1.807) is 0 Å². The molecule has 0 aliphatic rings. The van der Waals surface area contributed by atoms with Gasteiger partial charge in [0.1, 0.15) is 0 Å². The van der Waals surface area contributed by atoms with E-state index in [9.17, 15) is 134 Å². The Morgan fingerprint density at radius 1 is 0.419 bits per heavy atom. The number of azo groups is 1. The van der Waals surface area contributed by atoms with Crippen LogP contribution in [0.1, 0.15) is 52.4 Å². The Labute approximate surface area is 326 Å². The molecule has 0 aliphatic carbocycles. The molecule has 2 N–H and O–H groups in total. The molecule has 34 heteroatoms. The molecule has 4 atom stereocenters. The molecule has 0 aromatic heterocycles. The first-order valence-electron chi connectivity index (χ1n) is 15.5. The predicted octanol–water partition coefficient (Wildman–Crippen LogP) is 11.2. The van der Waals surface area contributed by atoms with Crippen LogP contribution in [0.25, 0.3) is 0 Å². The average Bonchev–Trinajstić information content (AvgIpc) is 3.09. The van der Waals surface area contributed by atoms with Crippen molar-refractivity contribution in [3.05, 3.63) is 0 Å². The van der Waals surface area contributed by atoms with Crippen molar-refractivity contribution in [1.82, 2.24) is 0 Å². The first-order chi connectivity index (χ1) is 26.9. The third-order valence-corrected chi connectivity index (χ3v) is 8.66. The number of rotatable bonds is 22.